The quantitative estimate of drug-likeness (QED) is 0.345. The predicted octanol–water partition coefficient (Wildman–Crippen LogP) is 3.86. The normalized spacial score (nSPS) is 18.1. The number of ether oxygens (including phenoxy) is 1. The molecule has 2 aromatic carbocycles. The van der Waals surface area contributed by atoms with Crippen molar-refractivity contribution in [3.63, 3.8) is 0 Å². The van der Waals surface area contributed by atoms with Gasteiger partial charge in [0.2, 0.25) is 0 Å². The van der Waals surface area contributed by atoms with Crippen molar-refractivity contribution in [3.8, 4) is 5.75 Å². The van der Waals surface area contributed by atoms with E-state index in [0.717, 1.165) is 5.56 Å². The average Bonchev–Trinajstić information content (AvgIpc) is 2.98. The Morgan fingerprint density at radius 3 is 2.32 bits per heavy atom. The largest absolute Gasteiger partial charge is 0.507 e. The maximum atomic E-state index is 12.7. The number of Topliss-reactive ketones (excluding diaryl/α,β-unsaturated/α-hetero) is 1. The first-order valence-corrected chi connectivity index (χ1v) is 8.87. The number of likely N-dealkylation sites (tertiary alicyclic amines) is 1. The second kappa shape index (κ2) is 8.39. The first-order valence-electron chi connectivity index (χ1n) is 8.87. The van der Waals surface area contributed by atoms with Crippen LogP contribution in [-0.4, -0.2) is 34.8 Å². The smallest absolute Gasteiger partial charge is 0.295 e. The van der Waals surface area contributed by atoms with Gasteiger partial charge >= 0.3 is 0 Å². The van der Waals surface area contributed by atoms with Gasteiger partial charge in [-0.05, 0) is 29.8 Å². The fourth-order valence-corrected chi connectivity index (χ4v) is 3.21. The second-order valence-electron chi connectivity index (χ2n) is 6.27. The highest BCUT2D eigenvalue weighted by molar-refractivity contribution is 6.46. The first-order chi connectivity index (χ1) is 13.6. The number of hydrogen-bond donors (Lipinski definition) is 1. The fraction of sp³-hybridized carbons (Fsp3) is 0.130. The van der Waals surface area contributed by atoms with Crippen molar-refractivity contribution in [1.29, 1.82) is 0 Å². The molecule has 142 valence electrons. The van der Waals surface area contributed by atoms with Crippen LogP contribution < -0.4 is 4.74 Å². The number of ketones is 1. The molecular formula is C23H21NO4. The molecule has 1 aliphatic rings. The molecule has 0 unspecified atom stereocenters. The van der Waals surface area contributed by atoms with Crippen molar-refractivity contribution in [1.82, 2.24) is 4.90 Å². The number of carbonyl (C=O) groups is 2. The Labute approximate surface area is 163 Å². The van der Waals surface area contributed by atoms with E-state index in [4.69, 9.17) is 4.74 Å². The van der Waals surface area contributed by atoms with Gasteiger partial charge in [0.05, 0.1) is 11.6 Å². The Bertz CT molecular complexity index is 929. The summed E-state index contributed by atoms with van der Waals surface area (Å²) in [5, 5.41) is 10.9. The van der Waals surface area contributed by atoms with Crippen molar-refractivity contribution >= 4 is 17.4 Å². The molecule has 1 aliphatic heterocycles. The lowest BCUT2D eigenvalue weighted by atomic mass is 9.95. The van der Waals surface area contributed by atoms with E-state index in [1.807, 2.05) is 30.3 Å². The van der Waals surface area contributed by atoms with Gasteiger partial charge in [-0.1, -0.05) is 49.1 Å². The minimum atomic E-state index is -0.708. The zero-order valence-corrected chi connectivity index (χ0v) is 15.4. The molecule has 5 heteroatoms. The van der Waals surface area contributed by atoms with Crippen LogP contribution >= 0.6 is 0 Å². The third kappa shape index (κ3) is 3.60. The minimum Gasteiger partial charge on any atom is -0.507 e. The van der Waals surface area contributed by atoms with Gasteiger partial charge in [0, 0.05) is 12.1 Å². The van der Waals surface area contributed by atoms with E-state index in [2.05, 4.69) is 13.2 Å². The van der Waals surface area contributed by atoms with E-state index >= 15 is 0 Å². The molecule has 0 aliphatic carbocycles. The summed E-state index contributed by atoms with van der Waals surface area (Å²) < 4.78 is 5.44. The fourth-order valence-electron chi connectivity index (χ4n) is 3.21. The van der Waals surface area contributed by atoms with Crippen molar-refractivity contribution in [2.75, 3.05) is 13.2 Å². The van der Waals surface area contributed by atoms with Gasteiger partial charge in [-0.25, -0.2) is 0 Å². The summed E-state index contributed by atoms with van der Waals surface area (Å²) >= 11 is 0. The van der Waals surface area contributed by atoms with Crippen LogP contribution in [0.25, 0.3) is 5.76 Å². The van der Waals surface area contributed by atoms with Crippen LogP contribution in [0.3, 0.4) is 0 Å². The lowest BCUT2D eigenvalue weighted by molar-refractivity contribution is -0.139. The predicted molar refractivity (Wildman–Crippen MR) is 108 cm³/mol. The molecule has 28 heavy (non-hydrogen) atoms. The van der Waals surface area contributed by atoms with Crippen LogP contribution in [0.1, 0.15) is 17.2 Å². The van der Waals surface area contributed by atoms with Gasteiger partial charge in [0.15, 0.2) is 0 Å². The summed E-state index contributed by atoms with van der Waals surface area (Å²) in [5.41, 5.74) is 1.25. The molecule has 3 rings (SSSR count). The summed E-state index contributed by atoms with van der Waals surface area (Å²) in [6.07, 6.45) is 3.20. The minimum absolute atomic E-state index is 0.0674. The summed E-state index contributed by atoms with van der Waals surface area (Å²) in [7, 11) is 0. The van der Waals surface area contributed by atoms with Crippen LogP contribution in [0, 0.1) is 0 Å². The third-order valence-electron chi connectivity index (χ3n) is 4.48. The topological polar surface area (TPSA) is 66.8 Å². The summed E-state index contributed by atoms with van der Waals surface area (Å²) in [6.45, 7) is 7.84. The maximum absolute atomic E-state index is 12.7. The van der Waals surface area contributed by atoms with E-state index < -0.39 is 17.7 Å². The Balaban J connectivity index is 2.07. The van der Waals surface area contributed by atoms with Crippen LogP contribution in [0.5, 0.6) is 5.75 Å². The Morgan fingerprint density at radius 1 is 1.04 bits per heavy atom. The summed E-state index contributed by atoms with van der Waals surface area (Å²) in [5.74, 6) is -0.960. The monoisotopic (exact) mass is 375 g/mol. The molecular weight excluding hydrogens is 354 g/mol. The number of amides is 1. The highest BCUT2D eigenvalue weighted by Gasteiger charge is 2.45. The Kier molecular flexibility index (Phi) is 5.75. The first kappa shape index (κ1) is 19.2. The van der Waals surface area contributed by atoms with E-state index in [1.54, 1.807) is 36.4 Å². The SMILES string of the molecule is C=CCOc1ccc(C(O)=C2C(=O)C(=O)N(CC=C)[C@H]2c2ccccc2)cc1. The summed E-state index contributed by atoms with van der Waals surface area (Å²) in [4.78, 5) is 26.7. The molecule has 2 aromatic rings. The van der Waals surface area contributed by atoms with Gasteiger partial charge in [0.25, 0.3) is 11.7 Å². The molecule has 1 N–H and O–H groups in total. The molecule has 0 saturated carbocycles. The number of nitrogens with zero attached hydrogens (tertiary/aromatic N) is 1. The molecule has 5 nitrogen and oxygen atoms in total. The second-order valence-corrected chi connectivity index (χ2v) is 6.27. The molecule has 1 amide bonds. The van der Waals surface area contributed by atoms with Gasteiger partial charge in [0.1, 0.15) is 18.1 Å². The van der Waals surface area contributed by atoms with Crippen molar-refractivity contribution in [2.45, 2.75) is 6.04 Å². The van der Waals surface area contributed by atoms with Gasteiger partial charge in [-0.2, -0.15) is 0 Å². The molecule has 0 radical (unpaired) electrons. The number of benzene rings is 2. The third-order valence-corrected chi connectivity index (χ3v) is 4.48. The van der Waals surface area contributed by atoms with E-state index in [0.29, 0.717) is 17.9 Å². The molecule has 0 spiro atoms. The van der Waals surface area contributed by atoms with Crippen LogP contribution in [-0.2, 0) is 9.59 Å². The van der Waals surface area contributed by atoms with Crippen molar-refractivity contribution in [2.24, 2.45) is 0 Å². The maximum Gasteiger partial charge on any atom is 0.295 e. The zero-order valence-electron chi connectivity index (χ0n) is 15.4. The lowest BCUT2D eigenvalue weighted by Crippen LogP contribution is -2.29. The molecule has 1 heterocycles. The molecule has 0 bridgehead atoms. The highest BCUT2D eigenvalue weighted by atomic mass is 16.5. The standard InChI is InChI=1S/C23H21NO4/c1-3-14-24-20(16-8-6-5-7-9-16)19(22(26)23(24)27)21(25)17-10-12-18(13-11-17)28-15-4-2/h3-13,20,25H,1-2,14-15H2/t20-/m0/s1. The van der Waals surface area contributed by atoms with E-state index in [9.17, 15) is 14.7 Å². The van der Waals surface area contributed by atoms with Crippen molar-refractivity contribution in [3.05, 3.63) is 96.6 Å². The van der Waals surface area contributed by atoms with Crippen molar-refractivity contribution < 1.29 is 19.4 Å². The highest BCUT2D eigenvalue weighted by Crippen LogP contribution is 2.39. The van der Waals surface area contributed by atoms with Crippen LogP contribution in [0.15, 0.2) is 85.5 Å². The molecule has 0 aromatic heterocycles. The number of hydrogen-bond acceptors (Lipinski definition) is 4. The van der Waals surface area contributed by atoms with Crippen LogP contribution in [0.2, 0.25) is 0 Å². The Morgan fingerprint density at radius 2 is 1.71 bits per heavy atom. The van der Waals surface area contributed by atoms with Gasteiger partial charge in [-0.3, -0.25) is 9.59 Å². The van der Waals surface area contributed by atoms with Gasteiger partial charge in [-0.15, -0.1) is 6.58 Å². The van der Waals surface area contributed by atoms with E-state index in [1.165, 1.54) is 4.90 Å². The van der Waals surface area contributed by atoms with Gasteiger partial charge < -0.3 is 14.7 Å². The zero-order chi connectivity index (χ0) is 20.1. The molecule has 1 fully saturated rings. The molecule has 1 atom stereocenters. The molecule has 1 saturated heterocycles. The summed E-state index contributed by atoms with van der Waals surface area (Å²) in [6, 6.07) is 15.2. The number of rotatable bonds is 7. The number of aliphatic hydroxyl groups excluding tert-OH is 1. The van der Waals surface area contributed by atoms with Crippen LogP contribution in [0.4, 0.5) is 0 Å². The number of aliphatic hydroxyl groups is 1. The lowest BCUT2D eigenvalue weighted by Gasteiger charge is -2.24. The van der Waals surface area contributed by atoms with E-state index in [-0.39, 0.29) is 17.9 Å². The average molecular weight is 375 g/mol. The number of carbonyl (C=O) groups excluding carboxylic acids is 2. The Hall–Kier alpha value is -3.60.